The van der Waals surface area contributed by atoms with Gasteiger partial charge in [-0.05, 0) is 49.9 Å². The molecule has 1 fully saturated rings. The number of carbonyl (C=O) groups excluding carboxylic acids is 2. The quantitative estimate of drug-likeness (QED) is 0.848. The summed E-state index contributed by atoms with van der Waals surface area (Å²) in [6.07, 6.45) is 2.42. The maximum Gasteiger partial charge on any atom is 0.223 e. The highest BCUT2D eigenvalue weighted by Gasteiger charge is 2.24. The number of Topliss-reactive ketones (excluding diaryl/α,β-unsaturated/α-hetero) is 1. The number of nitrogens with two attached hydrogens (primary N) is 1. The largest absolute Gasteiger partial charge is 0.343 e. The SMILES string of the molecule is CC(N)C1CCN(C(=O)CCC(=O)c2ccc(Cl)cc2)CC1. The van der Waals surface area contributed by atoms with Crippen molar-refractivity contribution in [3.05, 3.63) is 34.9 Å². The first-order chi connectivity index (χ1) is 10.5. The van der Waals surface area contributed by atoms with E-state index in [1.807, 2.05) is 11.8 Å². The van der Waals surface area contributed by atoms with Crippen LogP contribution in [0.4, 0.5) is 0 Å². The van der Waals surface area contributed by atoms with Crippen LogP contribution in [0.15, 0.2) is 24.3 Å². The Morgan fingerprint density at radius 2 is 1.82 bits per heavy atom. The number of benzene rings is 1. The molecule has 120 valence electrons. The second-order valence-electron chi connectivity index (χ2n) is 6.01. The number of rotatable bonds is 5. The van der Waals surface area contributed by atoms with Crippen LogP contribution in [0.2, 0.25) is 5.02 Å². The van der Waals surface area contributed by atoms with E-state index >= 15 is 0 Å². The van der Waals surface area contributed by atoms with Gasteiger partial charge in [0.15, 0.2) is 5.78 Å². The molecule has 5 heteroatoms. The highest BCUT2D eigenvalue weighted by Crippen LogP contribution is 2.20. The number of hydrogen-bond donors (Lipinski definition) is 1. The van der Waals surface area contributed by atoms with Gasteiger partial charge in [-0.2, -0.15) is 0 Å². The van der Waals surface area contributed by atoms with Gasteiger partial charge in [0, 0.05) is 42.6 Å². The average Bonchev–Trinajstić information content (AvgIpc) is 2.53. The van der Waals surface area contributed by atoms with Crippen LogP contribution in [0.25, 0.3) is 0 Å². The zero-order chi connectivity index (χ0) is 16.1. The topological polar surface area (TPSA) is 63.4 Å². The normalized spacial score (nSPS) is 17.3. The Balaban J connectivity index is 1.78. The second kappa shape index (κ2) is 7.75. The van der Waals surface area contributed by atoms with Gasteiger partial charge in [-0.3, -0.25) is 9.59 Å². The van der Waals surface area contributed by atoms with Crippen LogP contribution in [0, 0.1) is 5.92 Å². The Bertz CT molecular complexity index is 520. The third kappa shape index (κ3) is 4.55. The van der Waals surface area contributed by atoms with E-state index in [4.69, 9.17) is 17.3 Å². The molecule has 0 bridgehead atoms. The van der Waals surface area contributed by atoms with E-state index in [9.17, 15) is 9.59 Å². The Morgan fingerprint density at radius 1 is 1.23 bits per heavy atom. The molecule has 1 saturated heterocycles. The summed E-state index contributed by atoms with van der Waals surface area (Å²) in [6.45, 7) is 3.52. The first kappa shape index (κ1) is 17.0. The Kier molecular flexibility index (Phi) is 5.98. The lowest BCUT2D eigenvalue weighted by atomic mass is 9.91. The molecule has 1 amide bonds. The summed E-state index contributed by atoms with van der Waals surface area (Å²) in [5, 5.41) is 0.602. The number of carbonyl (C=O) groups is 2. The van der Waals surface area contributed by atoms with Gasteiger partial charge in [-0.15, -0.1) is 0 Å². The summed E-state index contributed by atoms with van der Waals surface area (Å²) in [6, 6.07) is 6.96. The van der Waals surface area contributed by atoms with Crippen LogP contribution in [-0.4, -0.2) is 35.7 Å². The summed E-state index contributed by atoms with van der Waals surface area (Å²) < 4.78 is 0. The van der Waals surface area contributed by atoms with Gasteiger partial charge in [0.25, 0.3) is 0 Å². The molecule has 4 nitrogen and oxygen atoms in total. The van der Waals surface area contributed by atoms with Crippen molar-refractivity contribution in [1.29, 1.82) is 0 Å². The Hall–Kier alpha value is -1.39. The van der Waals surface area contributed by atoms with E-state index in [0.29, 0.717) is 16.5 Å². The van der Waals surface area contributed by atoms with E-state index in [0.717, 1.165) is 25.9 Å². The van der Waals surface area contributed by atoms with Crippen molar-refractivity contribution >= 4 is 23.3 Å². The lowest BCUT2D eigenvalue weighted by Crippen LogP contribution is -2.42. The number of ketones is 1. The van der Waals surface area contributed by atoms with Crippen molar-refractivity contribution in [3.63, 3.8) is 0 Å². The summed E-state index contributed by atoms with van der Waals surface area (Å²) in [5.74, 6) is 0.542. The molecular weight excluding hydrogens is 300 g/mol. The lowest BCUT2D eigenvalue weighted by Gasteiger charge is -2.33. The number of likely N-dealkylation sites (tertiary alicyclic amines) is 1. The number of hydrogen-bond acceptors (Lipinski definition) is 3. The molecule has 1 aromatic carbocycles. The van der Waals surface area contributed by atoms with Crippen molar-refractivity contribution in [2.75, 3.05) is 13.1 Å². The van der Waals surface area contributed by atoms with Gasteiger partial charge in [0.1, 0.15) is 0 Å². The van der Waals surface area contributed by atoms with Crippen LogP contribution >= 0.6 is 11.6 Å². The van der Waals surface area contributed by atoms with Gasteiger partial charge < -0.3 is 10.6 Å². The first-order valence-corrected chi connectivity index (χ1v) is 8.17. The number of amides is 1. The van der Waals surface area contributed by atoms with E-state index in [-0.39, 0.29) is 30.6 Å². The molecule has 1 atom stereocenters. The van der Waals surface area contributed by atoms with E-state index in [1.165, 1.54) is 0 Å². The minimum absolute atomic E-state index is 0.0181. The maximum atomic E-state index is 12.2. The molecule has 1 unspecified atom stereocenters. The van der Waals surface area contributed by atoms with E-state index in [1.54, 1.807) is 24.3 Å². The third-order valence-corrected chi connectivity index (χ3v) is 4.62. The van der Waals surface area contributed by atoms with Gasteiger partial charge in [-0.1, -0.05) is 11.6 Å². The van der Waals surface area contributed by atoms with Crippen molar-refractivity contribution in [2.24, 2.45) is 11.7 Å². The van der Waals surface area contributed by atoms with Crippen molar-refractivity contribution in [3.8, 4) is 0 Å². The Labute approximate surface area is 136 Å². The van der Waals surface area contributed by atoms with Crippen LogP contribution < -0.4 is 5.73 Å². The molecule has 1 aliphatic heterocycles. The third-order valence-electron chi connectivity index (χ3n) is 4.37. The molecule has 0 aromatic heterocycles. The lowest BCUT2D eigenvalue weighted by molar-refractivity contribution is -0.132. The fourth-order valence-electron chi connectivity index (χ4n) is 2.83. The molecule has 0 aliphatic carbocycles. The monoisotopic (exact) mass is 322 g/mol. The zero-order valence-corrected chi connectivity index (χ0v) is 13.7. The smallest absolute Gasteiger partial charge is 0.223 e. The summed E-state index contributed by atoms with van der Waals surface area (Å²) >= 11 is 5.80. The molecule has 1 aliphatic rings. The average molecular weight is 323 g/mol. The van der Waals surface area contributed by atoms with Crippen LogP contribution in [-0.2, 0) is 4.79 Å². The number of nitrogens with zero attached hydrogens (tertiary/aromatic N) is 1. The molecule has 0 radical (unpaired) electrons. The number of piperidine rings is 1. The Morgan fingerprint density at radius 3 is 2.36 bits per heavy atom. The van der Waals surface area contributed by atoms with Gasteiger partial charge in [-0.25, -0.2) is 0 Å². The standard InChI is InChI=1S/C17H23ClN2O2/c1-12(19)13-8-10-20(11-9-13)17(22)7-6-16(21)14-2-4-15(18)5-3-14/h2-5,12-13H,6-11,19H2,1H3. The van der Waals surface area contributed by atoms with Gasteiger partial charge >= 0.3 is 0 Å². The minimum atomic E-state index is -0.0181. The number of halogens is 1. The zero-order valence-electron chi connectivity index (χ0n) is 12.9. The second-order valence-corrected chi connectivity index (χ2v) is 6.44. The fourth-order valence-corrected chi connectivity index (χ4v) is 2.96. The predicted molar refractivity (Wildman–Crippen MR) is 88.0 cm³/mol. The molecule has 0 saturated carbocycles. The molecule has 2 rings (SSSR count). The molecule has 22 heavy (non-hydrogen) atoms. The highest BCUT2D eigenvalue weighted by molar-refractivity contribution is 6.30. The van der Waals surface area contributed by atoms with Crippen LogP contribution in [0.3, 0.4) is 0 Å². The van der Waals surface area contributed by atoms with E-state index in [2.05, 4.69) is 0 Å². The van der Waals surface area contributed by atoms with Gasteiger partial charge in [0.05, 0.1) is 0 Å². The van der Waals surface area contributed by atoms with E-state index < -0.39 is 0 Å². The predicted octanol–water partition coefficient (Wildman–Crippen LogP) is 2.89. The first-order valence-electron chi connectivity index (χ1n) is 7.79. The van der Waals surface area contributed by atoms with Crippen LogP contribution in [0.5, 0.6) is 0 Å². The molecular formula is C17H23ClN2O2. The summed E-state index contributed by atoms with van der Waals surface area (Å²) in [7, 11) is 0. The maximum absolute atomic E-state index is 12.2. The summed E-state index contributed by atoms with van der Waals surface area (Å²) in [4.78, 5) is 26.1. The highest BCUT2D eigenvalue weighted by atomic mass is 35.5. The van der Waals surface area contributed by atoms with Crippen molar-refractivity contribution in [1.82, 2.24) is 4.90 Å². The summed E-state index contributed by atoms with van der Waals surface area (Å²) in [5.41, 5.74) is 6.51. The molecule has 0 spiro atoms. The van der Waals surface area contributed by atoms with Gasteiger partial charge in [0.2, 0.25) is 5.91 Å². The molecule has 2 N–H and O–H groups in total. The molecule has 1 heterocycles. The molecule has 1 aromatic rings. The van der Waals surface area contributed by atoms with Crippen molar-refractivity contribution < 1.29 is 9.59 Å². The minimum Gasteiger partial charge on any atom is -0.343 e. The van der Waals surface area contributed by atoms with Crippen LogP contribution in [0.1, 0.15) is 43.0 Å². The fraction of sp³-hybridized carbons (Fsp3) is 0.529. The van der Waals surface area contributed by atoms with Crippen molar-refractivity contribution in [2.45, 2.75) is 38.6 Å².